The smallest absolute Gasteiger partial charge is 0.255 e. The standard InChI is InChI=1S/C16H16ClNO2/c1-11(17)14-5-3-4-6-15(14)18-16(19)12-7-9-13(20-2)10-8-12/h3-11H,1-2H3,(H,18,19). The Morgan fingerprint density at radius 2 is 1.80 bits per heavy atom. The molecule has 0 radical (unpaired) electrons. The average Bonchev–Trinajstić information content (AvgIpc) is 2.47. The number of para-hydroxylation sites is 1. The first-order chi connectivity index (χ1) is 9.61. The Hall–Kier alpha value is -2.00. The molecule has 20 heavy (non-hydrogen) atoms. The third kappa shape index (κ3) is 3.31. The molecule has 0 heterocycles. The Morgan fingerprint density at radius 1 is 1.15 bits per heavy atom. The number of ether oxygens (including phenoxy) is 1. The van der Waals surface area contributed by atoms with Crippen LogP contribution in [0.2, 0.25) is 0 Å². The van der Waals surface area contributed by atoms with E-state index in [-0.39, 0.29) is 11.3 Å². The summed E-state index contributed by atoms with van der Waals surface area (Å²) < 4.78 is 5.07. The topological polar surface area (TPSA) is 38.3 Å². The second-order valence-electron chi connectivity index (χ2n) is 4.39. The number of methoxy groups -OCH3 is 1. The van der Waals surface area contributed by atoms with Gasteiger partial charge in [0.05, 0.1) is 12.5 Å². The van der Waals surface area contributed by atoms with Crippen molar-refractivity contribution in [2.24, 2.45) is 0 Å². The number of hydrogen-bond donors (Lipinski definition) is 1. The molecule has 0 aromatic heterocycles. The molecule has 4 heteroatoms. The molecule has 1 unspecified atom stereocenters. The van der Waals surface area contributed by atoms with Gasteiger partial charge in [-0.1, -0.05) is 18.2 Å². The molecule has 1 amide bonds. The number of rotatable bonds is 4. The minimum absolute atomic E-state index is 0.164. The molecule has 0 aliphatic heterocycles. The van der Waals surface area contributed by atoms with Gasteiger partial charge in [-0.25, -0.2) is 0 Å². The molecule has 0 fully saturated rings. The average molecular weight is 290 g/mol. The summed E-state index contributed by atoms with van der Waals surface area (Å²) >= 11 is 6.11. The van der Waals surface area contributed by atoms with E-state index in [9.17, 15) is 4.79 Å². The van der Waals surface area contributed by atoms with Crippen molar-refractivity contribution in [3.63, 3.8) is 0 Å². The molecule has 0 bridgehead atoms. The van der Waals surface area contributed by atoms with Crippen LogP contribution in [-0.2, 0) is 0 Å². The number of benzene rings is 2. The summed E-state index contributed by atoms with van der Waals surface area (Å²) in [7, 11) is 1.59. The van der Waals surface area contributed by atoms with Crippen molar-refractivity contribution in [3.8, 4) is 5.75 Å². The van der Waals surface area contributed by atoms with Gasteiger partial charge in [-0.15, -0.1) is 11.6 Å². The first-order valence-corrected chi connectivity index (χ1v) is 6.74. The number of carbonyl (C=O) groups excluding carboxylic acids is 1. The highest BCUT2D eigenvalue weighted by molar-refractivity contribution is 6.21. The van der Waals surface area contributed by atoms with E-state index >= 15 is 0 Å². The van der Waals surface area contributed by atoms with Gasteiger partial charge < -0.3 is 10.1 Å². The molecule has 1 N–H and O–H groups in total. The molecule has 2 aromatic rings. The highest BCUT2D eigenvalue weighted by Crippen LogP contribution is 2.27. The number of hydrogen-bond acceptors (Lipinski definition) is 2. The summed E-state index contributed by atoms with van der Waals surface area (Å²) in [5.41, 5.74) is 2.20. The van der Waals surface area contributed by atoms with Gasteiger partial charge >= 0.3 is 0 Å². The highest BCUT2D eigenvalue weighted by atomic mass is 35.5. The summed E-state index contributed by atoms with van der Waals surface area (Å²) in [4.78, 5) is 12.2. The van der Waals surface area contributed by atoms with Gasteiger partial charge in [-0.3, -0.25) is 4.79 Å². The molecule has 2 rings (SSSR count). The summed E-state index contributed by atoms with van der Waals surface area (Å²) in [6, 6.07) is 14.5. The van der Waals surface area contributed by atoms with Crippen LogP contribution < -0.4 is 10.1 Å². The largest absolute Gasteiger partial charge is 0.497 e. The van der Waals surface area contributed by atoms with Gasteiger partial charge in [0.2, 0.25) is 0 Å². The van der Waals surface area contributed by atoms with Crippen LogP contribution >= 0.6 is 11.6 Å². The van der Waals surface area contributed by atoms with E-state index in [1.807, 2.05) is 31.2 Å². The van der Waals surface area contributed by atoms with Crippen molar-refractivity contribution < 1.29 is 9.53 Å². The Kier molecular flexibility index (Phi) is 4.64. The first-order valence-electron chi connectivity index (χ1n) is 6.30. The fraction of sp³-hybridized carbons (Fsp3) is 0.188. The lowest BCUT2D eigenvalue weighted by Gasteiger charge is -2.12. The van der Waals surface area contributed by atoms with Gasteiger partial charge in [0, 0.05) is 11.3 Å². The fourth-order valence-corrected chi connectivity index (χ4v) is 2.08. The van der Waals surface area contributed by atoms with Crippen molar-refractivity contribution in [1.29, 1.82) is 0 Å². The van der Waals surface area contributed by atoms with Crippen molar-refractivity contribution in [1.82, 2.24) is 0 Å². The van der Waals surface area contributed by atoms with Gasteiger partial charge in [-0.2, -0.15) is 0 Å². The van der Waals surface area contributed by atoms with Crippen LogP contribution in [0.1, 0.15) is 28.2 Å². The van der Waals surface area contributed by atoms with Crippen LogP contribution in [-0.4, -0.2) is 13.0 Å². The van der Waals surface area contributed by atoms with Crippen LogP contribution in [0.5, 0.6) is 5.75 Å². The van der Waals surface area contributed by atoms with E-state index in [0.717, 1.165) is 17.0 Å². The summed E-state index contributed by atoms with van der Waals surface area (Å²) in [5, 5.41) is 2.72. The van der Waals surface area contributed by atoms with Crippen LogP contribution in [0.4, 0.5) is 5.69 Å². The molecule has 0 aliphatic rings. The zero-order chi connectivity index (χ0) is 14.5. The van der Waals surface area contributed by atoms with Crippen LogP contribution in [0, 0.1) is 0 Å². The lowest BCUT2D eigenvalue weighted by molar-refractivity contribution is 0.102. The fourth-order valence-electron chi connectivity index (χ4n) is 1.89. The van der Waals surface area contributed by atoms with E-state index in [1.165, 1.54) is 0 Å². The van der Waals surface area contributed by atoms with E-state index in [0.29, 0.717) is 5.56 Å². The lowest BCUT2D eigenvalue weighted by atomic mass is 10.1. The van der Waals surface area contributed by atoms with Crippen LogP contribution in [0.25, 0.3) is 0 Å². The molecule has 104 valence electrons. The first kappa shape index (κ1) is 14.4. The molecule has 2 aromatic carbocycles. The molecule has 0 saturated carbocycles. The minimum atomic E-state index is -0.169. The van der Waals surface area contributed by atoms with Gasteiger partial charge in [0.25, 0.3) is 5.91 Å². The number of alkyl halides is 1. The molecule has 0 spiro atoms. The predicted octanol–water partition coefficient (Wildman–Crippen LogP) is 4.25. The molecule has 3 nitrogen and oxygen atoms in total. The van der Waals surface area contributed by atoms with E-state index in [2.05, 4.69) is 5.32 Å². The lowest BCUT2D eigenvalue weighted by Crippen LogP contribution is -2.13. The number of nitrogens with one attached hydrogen (secondary N) is 1. The van der Waals surface area contributed by atoms with E-state index in [4.69, 9.17) is 16.3 Å². The molecule has 0 aliphatic carbocycles. The number of carbonyl (C=O) groups is 1. The zero-order valence-corrected chi connectivity index (χ0v) is 12.1. The van der Waals surface area contributed by atoms with Crippen LogP contribution in [0.15, 0.2) is 48.5 Å². The van der Waals surface area contributed by atoms with Gasteiger partial charge in [0.1, 0.15) is 5.75 Å². The quantitative estimate of drug-likeness (QED) is 0.855. The summed E-state index contributed by atoms with van der Waals surface area (Å²) in [6.45, 7) is 1.87. The maximum absolute atomic E-state index is 12.2. The van der Waals surface area contributed by atoms with Crippen molar-refractivity contribution >= 4 is 23.2 Å². The predicted molar refractivity (Wildman–Crippen MR) is 81.7 cm³/mol. The van der Waals surface area contributed by atoms with Crippen molar-refractivity contribution in [2.45, 2.75) is 12.3 Å². The number of amides is 1. The third-order valence-electron chi connectivity index (χ3n) is 2.99. The monoisotopic (exact) mass is 289 g/mol. The molecule has 0 saturated heterocycles. The molecule has 1 atom stereocenters. The Labute approximate surface area is 123 Å². The Bertz CT molecular complexity index is 594. The molecular formula is C16H16ClNO2. The van der Waals surface area contributed by atoms with Crippen molar-refractivity contribution in [3.05, 3.63) is 59.7 Å². The number of anilines is 1. The zero-order valence-electron chi connectivity index (χ0n) is 11.4. The second-order valence-corrected chi connectivity index (χ2v) is 5.04. The van der Waals surface area contributed by atoms with Gasteiger partial charge in [0.15, 0.2) is 0 Å². The minimum Gasteiger partial charge on any atom is -0.497 e. The maximum atomic E-state index is 12.2. The normalized spacial score (nSPS) is 11.8. The Balaban J connectivity index is 2.19. The third-order valence-corrected chi connectivity index (χ3v) is 3.22. The summed E-state index contributed by atoms with van der Waals surface area (Å²) in [5.74, 6) is 0.550. The SMILES string of the molecule is COc1ccc(C(=O)Nc2ccccc2C(C)Cl)cc1. The van der Waals surface area contributed by atoms with Crippen molar-refractivity contribution in [2.75, 3.05) is 12.4 Å². The molecular weight excluding hydrogens is 274 g/mol. The highest BCUT2D eigenvalue weighted by Gasteiger charge is 2.11. The van der Waals surface area contributed by atoms with E-state index in [1.54, 1.807) is 31.4 Å². The maximum Gasteiger partial charge on any atom is 0.255 e. The Morgan fingerprint density at radius 3 is 2.40 bits per heavy atom. The van der Waals surface area contributed by atoms with E-state index < -0.39 is 0 Å². The number of halogens is 1. The van der Waals surface area contributed by atoms with Crippen LogP contribution in [0.3, 0.4) is 0 Å². The second kappa shape index (κ2) is 6.44. The van der Waals surface area contributed by atoms with Gasteiger partial charge in [-0.05, 0) is 42.8 Å². The summed E-state index contributed by atoms with van der Waals surface area (Å²) in [6.07, 6.45) is 0.